The number of carbonyl (C=O) groups is 1. The molecule has 3 rings (SSSR count). The number of rotatable bonds is 4. The van der Waals surface area contributed by atoms with Crippen molar-refractivity contribution in [1.82, 2.24) is 15.0 Å². The van der Waals surface area contributed by atoms with E-state index in [0.717, 1.165) is 23.9 Å². The highest BCUT2D eigenvalue weighted by molar-refractivity contribution is 6.11. The summed E-state index contributed by atoms with van der Waals surface area (Å²) >= 11 is 0. The Kier molecular flexibility index (Phi) is 5.50. The van der Waals surface area contributed by atoms with E-state index in [0.29, 0.717) is 11.5 Å². The molecule has 0 saturated heterocycles. The molecule has 0 radical (unpaired) electrons. The summed E-state index contributed by atoms with van der Waals surface area (Å²) in [6, 6.07) is 11.4. The number of nitrogen functional groups attached to an aromatic ring is 1. The van der Waals surface area contributed by atoms with Gasteiger partial charge in [0.2, 0.25) is 0 Å². The summed E-state index contributed by atoms with van der Waals surface area (Å²) in [5, 5.41) is 10.2. The molecule has 3 aromatic rings. The normalized spacial score (nSPS) is 11.3. The molecule has 0 saturated carbocycles. The van der Waals surface area contributed by atoms with Gasteiger partial charge in [-0.25, -0.2) is 15.0 Å². The van der Waals surface area contributed by atoms with Crippen LogP contribution >= 0.6 is 0 Å². The van der Waals surface area contributed by atoms with Crippen LogP contribution in [0.25, 0.3) is 0 Å². The molecule has 0 fully saturated rings. The Morgan fingerprint density at radius 1 is 1.07 bits per heavy atom. The van der Waals surface area contributed by atoms with Gasteiger partial charge in [-0.2, -0.15) is 0 Å². The van der Waals surface area contributed by atoms with Crippen LogP contribution in [0.1, 0.15) is 49.3 Å². The topological polar surface area (TPSA) is 105 Å². The number of anilines is 3. The first-order chi connectivity index (χ1) is 13.7. The average molecular weight is 391 g/mol. The van der Waals surface area contributed by atoms with Crippen molar-refractivity contribution in [3.8, 4) is 5.75 Å². The van der Waals surface area contributed by atoms with Gasteiger partial charge >= 0.3 is 0 Å². The largest absolute Gasteiger partial charge is 0.503 e. The predicted molar refractivity (Wildman–Crippen MR) is 113 cm³/mol. The third-order valence-corrected chi connectivity index (χ3v) is 4.69. The monoisotopic (exact) mass is 391 g/mol. The van der Waals surface area contributed by atoms with Crippen LogP contribution in [0.15, 0.2) is 48.9 Å². The molecule has 7 heteroatoms. The van der Waals surface area contributed by atoms with E-state index < -0.39 is 11.7 Å². The van der Waals surface area contributed by atoms with Crippen molar-refractivity contribution in [3.05, 3.63) is 65.7 Å². The zero-order valence-electron chi connectivity index (χ0n) is 17.0. The smallest absolute Gasteiger partial charge is 0.286 e. The minimum absolute atomic E-state index is 0.0201. The van der Waals surface area contributed by atoms with Crippen molar-refractivity contribution in [2.75, 3.05) is 10.6 Å². The first-order valence-electron chi connectivity index (χ1n) is 9.41. The van der Waals surface area contributed by atoms with Crippen LogP contribution in [0.2, 0.25) is 0 Å². The third-order valence-electron chi connectivity index (χ3n) is 4.69. The lowest BCUT2D eigenvalue weighted by atomic mass is 9.87. The number of aromatic nitrogens is 3. The fraction of sp³-hybridized carbons (Fsp3) is 0.273. The van der Waals surface area contributed by atoms with Gasteiger partial charge < -0.3 is 10.8 Å². The minimum atomic E-state index is -0.545. The summed E-state index contributed by atoms with van der Waals surface area (Å²) in [7, 11) is 0. The zero-order valence-corrected chi connectivity index (χ0v) is 17.0. The summed E-state index contributed by atoms with van der Waals surface area (Å²) in [4.78, 5) is 26.8. The maximum absolute atomic E-state index is 13.3. The number of aromatic hydroxyl groups is 1. The van der Waals surface area contributed by atoms with Gasteiger partial charge in [-0.15, -0.1) is 0 Å². The van der Waals surface area contributed by atoms with Crippen LogP contribution in [-0.4, -0.2) is 26.0 Å². The number of pyridine rings is 1. The van der Waals surface area contributed by atoms with Gasteiger partial charge in [-0.1, -0.05) is 45.9 Å². The van der Waals surface area contributed by atoms with Crippen LogP contribution in [0.4, 0.5) is 17.3 Å². The Hall–Kier alpha value is -3.48. The number of nitrogens with two attached hydrogens (primary N) is 1. The molecule has 1 amide bonds. The van der Waals surface area contributed by atoms with Crippen molar-refractivity contribution in [2.24, 2.45) is 0 Å². The molecule has 0 atom stereocenters. The average Bonchev–Trinajstić information content (AvgIpc) is 2.70. The lowest BCUT2D eigenvalue weighted by molar-refractivity contribution is 0.0991. The van der Waals surface area contributed by atoms with Crippen molar-refractivity contribution >= 4 is 23.2 Å². The van der Waals surface area contributed by atoms with Crippen LogP contribution < -0.4 is 10.6 Å². The second kappa shape index (κ2) is 7.87. The molecule has 1 aromatic carbocycles. The molecular formula is C22H25N5O2. The summed E-state index contributed by atoms with van der Waals surface area (Å²) in [6.07, 6.45) is 3.72. The molecule has 150 valence electrons. The molecule has 3 N–H and O–H groups in total. The number of nitrogens with zero attached hydrogens (tertiary/aromatic N) is 4. The Bertz CT molecular complexity index is 1010. The lowest BCUT2D eigenvalue weighted by Gasteiger charge is -2.24. The summed E-state index contributed by atoms with van der Waals surface area (Å²) in [5.41, 5.74) is 8.25. The quantitative estimate of drug-likeness (QED) is 0.696. The Morgan fingerprint density at radius 2 is 1.76 bits per heavy atom. The summed E-state index contributed by atoms with van der Waals surface area (Å²) in [6.45, 7) is 8.40. The van der Waals surface area contributed by atoms with E-state index in [1.807, 2.05) is 37.3 Å². The Labute approximate surface area is 170 Å². The number of benzene rings is 1. The van der Waals surface area contributed by atoms with Crippen LogP contribution in [0.5, 0.6) is 5.75 Å². The van der Waals surface area contributed by atoms with E-state index >= 15 is 0 Å². The van der Waals surface area contributed by atoms with E-state index in [-0.39, 0.29) is 16.9 Å². The molecule has 0 bridgehead atoms. The fourth-order valence-corrected chi connectivity index (χ4v) is 2.88. The lowest BCUT2D eigenvalue weighted by Crippen LogP contribution is -2.28. The maximum Gasteiger partial charge on any atom is 0.286 e. The van der Waals surface area contributed by atoms with Crippen LogP contribution in [0.3, 0.4) is 0 Å². The number of hydrogen-bond donors (Lipinski definition) is 2. The van der Waals surface area contributed by atoms with Crippen molar-refractivity contribution in [2.45, 2.75) is 39.5 Å². The molecule has 0 unspecified atom stereocenters. The highest BCUT2D eigenvalue weighted by Crippen LogP contribution is 2.31. The second-order valence-corrected chi connectivity index (χ2v) is 7.77. The summed E-state index contributed by atoms with van der Waals surface area (Å²) < 4.78 is 0. The highest BCUT2D eigenvalue weighted by Gasteiger charge is 2.26. The first-order valence-corrected chi connectivity index (χ1v) is 9.41. The van der Waals surface area contributed by atoms with Crippen molar-refractivity contribution in [3.63, 3.8) is 0 Å². The maximum atomic E-state index is 13.3. The van der Waals surface area contributed by atoms with Gasteiger partial charge in [0, 0.05) is 6.20 Å². The SMILES string of the molecule is CCc1ccc(N(C(=O)c2ncnc(N)c2O)c2ccc(C(C)(C)C)cc2)nc1. The van der Waals surface area contributed by atoms with Crippen LogP contribution in [-0.2, 0) is 11.8 Å². The van der Waals surface area contributed by atoms with Crippen LogP contribution in [0, 0.1) is 0 Å². The van der Waals surface area contributed by atoms with Gasteiger partial charge in [0.05, 0.1) is 5.69 Å². The third kappa shape index (κ3) is 4.18. The van der Waals surface area contributed by atoms with E-state index in [4.69, 9.17) is 5.73 Å². The van der Waals surface area contributed by atoms with Crippen molar-refractivity contribution < 1.29 is 9.90 Å². The zero-order chi connectivity index (χ0) is 21.2. The molecule has 0 aliphatic rings. The Balaban J connectivity index is 2.11. The van der Waals surface area contributed by atoms with E-state index in [2.05, 4.69) is 35.7 Å². The molecular weight excluding hydrogens is 366 g/mol. The molecule has 29 heavy (non-hydrogen) atoms. The second-order valence-electron chi connectivity index (χ2n) is 7.77. The van der Waals surface area contributed by atoms with Gasteiger partial charge in [0.25, 0.3) is 5.91 Å². The molecule has 0 aliphatic heterocycles. The molecule has 2 aromatic heterocycles. The summed E-state index contributed by atoms with van der Waals surface area (Å²) in [5.74, 6) is -0.719. The van der Waals surface area contributed by atoms with Gasteiger partial charge in [-0.05, 0) is 41.2 Å². The van der Waals surface area contributed by atoms with Gasteiger partial charge in [0.1, 0.15) is 12.1 Å². The number of carbonyl (C=O) groups excluding carboxylic acids is 1. The number of aryl methyl sites for hydroxylation is 1. The molecule has 0 aliphatic carbocycles. The standard InChI is InChI=1S/C22H25N5O2/c1-5-14-6-11-17(24-12-14)27(16-9-7-15(8-10-16)22(2,3)4)21(29)18-19(28)20(23)26-13-25-18/h6-13,28H,5H2,1-4H3,(H2,23,25,26). The highest BCUT2D eigenvalue weighted by atomic mass is 16.3. The van der Waals surface area contributed by atoms with Gasteiger partial charge in [-0.3, -0.25) is 9.69 Å². The Morgan fingerprint density at radius 3 is 2.31 bits per heavy atom. The van der Waals surface area contributed by atoms with Gasteiger partial charge in [0.15, 0.2) is 17.3 Å². The van der Waals surface area contributed by atoms with E-state index in [1.165, 1.54) is 4.90 Å². The molecule has 2 heterocycles. The number of amides is 1. The number of hydrogen-bond acceptors (Lipinski definition) is 6. The van der Waals surface area contributed by atoms with E-state index in [9.17, 15) is 9.90 Å². The molecule has 7 nitrogen and oxygen atoms in total. The fourth-order valence-electron chi connectivity index (χ4n) is 2.88. The minimum Gasteiger partial charge on any atom is -0.503 e. The molecule has 0 spiro atoms. The first kappa shape index (κ1) is 20.3. The predicted octanol–water partition coefficient (Wildman–Crippen LogP) is 4.00. The van der Waals surface area contributed by atoms with E-state index in [1.54, 1.807) is 12.3 Å². The van der Waals surface area contributed by atoms with Crippen molar-refractivity contribution in [1.29, 1.82) is 0 Å².